The van der Waals surface area contributed by atoms with Gasteiger partial charge in [-0.05, 0) is 36.2 Å². The van der Waals surface area contributed by atoms with Gasteiger partial charge in [-0.15, -0.1) is 0 Å². The van der Waals surface area contributed by atoms with Gasteiger partial charge in [-0.2, -0.15) is 0 Å². The van der Waals surface area contributed by atoms with E-state index in [-0.39, 0.29) is 12.5 Å². The average molecular weight is 347 g/mol. The first-order chi connectivity index (χ1) is 12.7. The summed E-state index contributed by atoms with van der Waals surface area (Å²) in [6.07, 6.45) is 1.57. The molecule has 1 saturated heterocycles. The van der Waals surface area contributed by atoms with E-state index in [2.05, 4.69) is 10.3 Å². The molecule has 0 radical (unpaired) electrons. The van der Waals surface area contributed by atoms with Crippen molar-refractivity contribution in [2.24, 2.45) is 0 Å². The molecule has 26 heavy (non-hydrogen) atoms. The molecular formula is C21H21N3O2. The molecule has 132 valence electrons. The first-order valence-corrected chi connectivity index (χ1v) is 8.87. The van der Waals surface area contributed by atoms with Crippen molar-refractivity contribution in [2.75, 3.05) is 16.8 Å². The van der Waals surface area contributed by atoms with E-state index >= 15 is 0 Å². The maximum absolute atomic E-state index is 11.8. The number of pyridine rings is 1. The van der Waals surface area contributed by atoms with Crippen molar-refractivity contribution >= 4 is 28.3 Å². The smallest absolute Gasteiger partial charge is 0.227 e. The van der Waals surface area contributed by atoms with Gasteiger partial charge >= 0.3 is 0 Å². The number of para-hydroxylation sites is 1. The minimum Gasteiger partial charge on any atom is -0.392 e. The van der Waals surface area contributed by atoms with Gasteiger partial charge in [-0.25, -0.2) is 4.98 Å². The number of hydrogen-bond donors (Lipinski definition) is 2. The molecule has 2 aromatic carbocycles. The van der Waals surface area contributed by atoms with Crippen molar-refractivity contribution in [1.82, 2.24) is 4.98 Å². The Balaban J connectivity index is 1.50. The van der Waals surface area contributed by atoms with Gasteiger partial charge in [0.2, 0.25) is 5.91 Å². The monoisotopic (exact) mass is 347 g/mol. The van der Waals surface area contributed by atoms with Crippen molar-refractivity contribution in [3.8, 4) is 0 Å². The molecule has 0 spiro atoms. The van der Waals surface area contributed by atoms with Gasteiger partial charge < -0.3 is 15.3 Å². The zero-order chi connectivity index (χ0) is 17.9. The fraction of sp³-hybridized carbons (Fsp3) is 0.238. The molecule has 3 aromatic rings. The summed E-state index contributed by atoms with van der Waals surface area (Å²) >= 11 is 0. The van der Waals surface area contributed by atoms with Crippen LogP contribution in [-0.4, -0.2) is 22.5 Å². The Hall–Kier alpha value is -2.92. The summed E-state index contributed by atoms with van der Waals surface area (Å²) in [4.78, 5) is 18.3. The van der Waals surface area contributed by atoms with Gasteiger partial charge in [-0.3, -0.25) is 4.79 Å². The highest BCUT2D eigenvalue weighted by Gasteiger charge is 2.21. The Morgan fingerprint density at radius 3 is 2.65 bits per heavy atom. The fourth-order valence-electron chi connectivity index (χ4n) is 3.33. The number of nitrogens with zero attached hydrogens (tertiary/aromatic N) is 2. The number of benzene rings is 2. The van der Waals surface area contributed by atoms with E-state index in [4.69, 9.17) is 0 Å². The number of carbonyl (C=O) groups excluding carboxylic acids is 1. The molecular weight excluding hydrogens is 326 g/mol. The summed E-state index contributed by atoms with van der Waals surface area (Å²) in [6.45, 7) is 1.35. The van der Waals surface area contributed by atoms with E-state index in [1.54, 1.807) is 0 Å². The topological polar surface area (TPSA) is 65.5 Å². The van der Waals surface area contributed by atoms with Crippen LogP contribution < -0.4 is 10.2 Å². The first kappa shape index (κ1) is 16.5. The molecule has 2 heterocycles. The van der Waals surface area contributed by atoms with Crippen molar-refractivity contribution in [1.29, 1.82) is 0 Å². The second-order valence-electron chi connectivity index (χ2n) is 6.52. The highest BCUT2D eigenvalue weighted by atomic mass is 16.3. The maximum Gasteiger partial charge on any atom is 0.227 e. The molecule has 1 aliphatic rings. The third-order valence-corrected chi connectivity index (χ3v) is 4.75. The molecule has 2 N–H and O–H groups in total. The van der Waals surface area contributed by atoms with Crippen LogP contribution in [-0.2, 0) is 17.9 Å². The van der Waals surface area contributed by atoms with Crippen LogP contribution in [0.2, 0.25) is 0 Å². The number of anilines is 2. The second kappa shape index (κ2) is 7.14. The lowest BCUT2D eigenvalue weighted by atomic mass is 10.1. The van der Waals surface area contributed by atoms with Crippen LogP contribution in [0.25, 0.3) is 10.9 Å². The van der Waals surface area contributed by atoms with E-state index in [0.29, 0.717) is 18.8 Å². The SMILES string of the molecule is O=C1CCCN1c1ccc(CNc2nc3ccccc3cc2CO)cc1. The normalized spacial score (nSPS) is 14.2. The lowest BCUT2D eigenvalue weighted by molar-refractivity contribution is -0.117. The van der Waals surface area contributed by atoms with Crippen molar-refractivity contribution in [3.05, 3.63) is 65.7 Å². The number of amides is 1. The Bertz CT molecular complexity index is 938. The van der Waals surface area contributed by atoms with Crippen molar-refractivity contribution in [3.63, 3.8) is 0 Å². The summed E-state index contributed by atoms with van der Waals surface area (Å²) in [5.41, 5.74) is 3.73. The number of nitrogens with one attached hydrogen (secondary N) is 1. The molecule has 5 heteroatoms. The van der Waals surface area contributed by atoms with Gasteiger partial charge in [0, 0.05) is 36.1 Å². The zero-order valence-corrected chi connectivity index (χ0v) is 14.5. The predicted molar refractivity (Wildman–Crippen MR) is 103 cm³/mol. The highest BCUT2D eigenvalue weighted by Crippen LogP contribution is 2.23. The van der Waals surface area contributed by atoms with Crippen LogP contribution in [0.1, 0.15) is 24.0 Å². The molecule has 0 atom stereocenters. The van der Waals surface area contributed by atoms with E-state index in [0.717, 1.165) is 40.7 Å². The summed E-state index contributed by atoms with van der Waals surface area (Å²) in [6, 6.07) is 17.9. The molecule has 5 nitrogen and oxygen atoms in total. The van der Waals surface area contributed by atoms with E-state index in [1.807, 2.05) is 59.5 Å². The van der Waals surface area contributed by atoms with Crippen LogP contribution in [0.3, 0.4) is 0 Å². The minimum absolute atomic E-state index is 0.0593. The van der Waals surface area contributed by atoms with Crippen LogP contribution in [0.4, 0.5) is 11.5 Å². The van der Waals surface area contributed by atoms with Gasteiger partial charge in [0.05, 0.1) is 12.1 Å². The largest absolute Gasteiger partial charge is 0.392 e. The molecule has 1 aromatic heterocycles. The minimum atomic E-state index is -0.0593. The van der Waals surface area contributed by atoms with Crippen molar-refractivity contribution < 1.29 is 9.90 Å². The predicted octanol–water partition coefficient (Wildman–Crippen LogP) is 3.47. The van der Waals surface area contributed by atoms with Gasteiger partial charge in [0.15, 0.2) is 0 Å². The number of aliphatic hydroxyl groups is 1. The number of hydrogen-bond acceptors (Lipinski definition) is 4. The second-order valence-corrected chi connectivity index (χ2v) is 6.52. The lowest BCUT2D eigenvalue weighted by Gasteiger charge is -2.16. The molecule has 0 unspecified atom stereocenters. The molecule has 1 amide bonds. The summed E-state index contributed by atoms with van der Waals surface area (Å²) in [5, 5.41) is 14.0. The van der Waals surface area contributed by atoms with Crippen LogP contribution in [0.5, 0.6) is 0 Å². The maximum atomic E-state index is 11.8. The highest BCUT2D eigenvalue weighted by molar-refractivity contribution is 5.95. The molecule has 0 bridgehead atoms. The Labute approximate surface area is 152 Å². The number of carbonyl (C=O) groups is 1. The summed E-state index contributed by atoms with van der Waals surface area (Å²) < 4.78 is 0. The van der Waals surface area contributed by atoms with E-state index in [1.165, 1.54) is 0 Å². The van der Waals surface area contributed by atoms with E-state index < -0.39 is 0 Å². The Morgan fingerprint density at radius 2 is 1.92 bits per heavy atom. The third kappa shape index (κ3) is 3.26. The van der Waals surface area contributed by atoms with Crippen LogP contribution in [0.15, 0.2) is 54.6 Å². The van der Waals surface area contributed by atoms with Gasteiger partial charge in [0.25, 0.3) is 0 Å². The lowest BCUT2D eigenvalue weighted by Crippen LogP contribution is -2.23. The number of aliphatic hydroxyl groups excluding tert-OH is 1. The Morgan fingerprint density at radius 1 is 1.12 bits per heavy atom. The van der Waals surface area contributed by atoms with Crippen LogP contribution in [0, 0.1) is 0 Å². The molecule has 0 saturated carbocycles. The number of aromatic nitrogens is 1. The standard InChI is InChI=1S/C21H21N3O2/c25-14-17-12-16-4-1-2-5-19(16)23-21(17)22-13-15-7-9-18(10-8-15)24-11-3-6-20(24)26/h1-2,4-5,7-10,12,25H,3,6,11,13-14H2,(H,22,23). The zero-order valence-electron chi connectivity index (χ0n) is 14.5. The van der Waals surface area contributed by atoms with E-state index in [9.17, 15) is 9.90 Å². The average Bonchev–Trinajstić information content (AvgIpc) is 3.12. The first-order valence-electron chi connectivity index (χ1n) is 8.87. The fourth-order valence-corrected chi connectivity index (χ4v) is 3.33. The summed E-state index contributed by atoms with van der Waals surface area (Å²) in [7, 11) is 0. The quantitative estimate of drug-likeness (QED) is 0.742. The van der Waals surface area contributed by atoms with Crippen molar-refractivity contribution in [2.45, 2.75) is 26.0 Å². The number of rotatable bonds is 5. The molecule has 4 rings (SSSR count). The van der Waals surface area contributed by atoms with Gasteiger partial charge in [0.1, 0.15) is 5.82 Å². The molecule has 0 aliphatic carbocycles. The third-order valence-electron chi connectivity index (χ3n) is 4.75. The Kier molecular flexibility index (Phi) is 4.54. The number of fused-ring (bicyclic) bond motifs is 1. The molecule has 1 aliphatic heterocycles. The summed E-state index contributed by atoms with van der Waals surface area (Å²) in [5.74, 6) is 0.897. The molecule has 1 fully saturated rings. The van der Waals surface area contributed by atoms with Crippen LogP contribution >= 0.6 is 0 Å². The van der Waals surface area contributed by atoms with Gasteiger partial charge in [-0.1, -0.05) is 30.3 Å².